The van der Waals surface area contributed by atoms with Gasteiger partial charge in [0.1, 0.15) is 5.52 Å². The van der Waals surface area contributed by atoms with Crippen LogP contribution in [0.4, 0.5) is 10.8 Å². The van der Waals surface area contributed by atoms with Crippen molar-refractivity contribution in [3.63, 3.8) is 0 Å². The molecule has 0 bridgehead atoms. The smallest absolute Gasteiger partial charge is 0.229 e. The molecule has 1 aliphatic rings. The second-order valence-electron chi connectivity index (χ2n) is 6.93. The van der Waals surface area contributed by atoms with Gasteiger partial charge in [0, 0.05) is 41.3 Å². The predicted molar refractivity (Wildman–Crippen MR) is 122 cm³/mol. The van der Waals surface area contributed by atoms with Crippen molar-refractivity contribution in [2.45, 2.75) is 17.2 Å². The van der Waals surface area contributed by atoms with E-state index in [4.69, 9.17) is 11.6 Å². The van der Waals surface area contributed by atoms with Crippen LogP contribution in [0.5, 0.6) is 0 Å². The molecule has 3 heterocycles. The Kier molecular flexibility index (Phi) is 5.28. The van der Waals surface area contributed by atoms with Crippen molar-refractivity contribution in [1.82, 2.24) is 15.0 Å². The summed E-state index contributed by atoms with van der Waals surface area (Å²) in [6.45, 7) is 0. The molecule has 0 spiro atoms. The molecule has 0 radical (unpaired) electrons. The number of rotatable bonds is 6. The highest BCUT2D eigenvalue weighted by molar-refractivity contribution is 8.00. The number of pyridine rings is 2. The van der Waals surface area contributed by atoms with Crippen molar-refractivity contribution in [2.24, 2.45) is 5.92 Å². The number of hydrogen-bond acceptors (Lipinski definition) is 7. The molecule has 1 aromatic carbocycles. The van der Waals surface area contributed by atoms with Crippen molar-refractivity contribution in [1.29, 1.82) is 0 Å². The van der Waals surface area contributed by atoms with Gasteiger partial charge in [0.2, 0.25) is 5.91 Å². The average molecular weight is 454 g/mol. The van der Waals surface area contributed by atoms with Gasteiger partial charge in [0.25, 0.3) is 0 Å². The molecule has 2 atom stereocenters. The van der Waals surface area contributed by atoms with Gasteiger partial charge in [-0.1, -0.05) is 35.1 Å². The molecule has 2 N–H and O–H groups in total. The first kappa shape index (κ1) is 19.3. The Morgan fingerprint density at radius 1 is 1.10 bits per heavy atom. The molecule has 5 rings (SSSR count). The van der Waals surface area contributed by atoms with Crippen LogP contribution in [0.2, 0.25) is 5.02 Å². The van der Waals surface area contributed by atoms with Crippen LogP contribution in [0.1, 0.15) is 17.9 Å². The summed E-state index contributed by atoms with van der Waals surface area (Å²) in [6.07, 6.45) is 7.62. The molecular weight excluding hydrogens is 438 g/mol. The maximum Gasteiger partial charge on any atom is 0.229 e. The van der Waals surface area contributed by atoms with Crippen LogP contribution in [0.3, 0.4) is 0 Å². The molecular formula is C21H16ClN5OS2. The molecule has 30 heavy (non-hydrogen) atoms. The Morgan fingerprint density at radius 2 is 1.90 bits per heavy atom. The lowest BCUT2D eigenvalue weighted by molar-refractivity contribution is -0.117. The van der Waals surface area contributed by atoms with Crippen LogP contribution in [0.25, 0.3) is 10.2 Å². The van der Waals surface area contributed by atoms with Gasteiger partial charge in [-0.3, -0.25) is 14.8 Å². The van der Waals surface area contributed by atoms with E-state index in [0.29, 0.717) is 15.7 Å². The van der Waals surface area contributed by atoms with E-state index in [-0.39, 0.29) is 17.7 Å². The number of halogens is 1. The lowest BCUT2D eigenvalue weighted by Crippen LogP contribution is -2.14. The first-order valence-corrected chi connectivity index (χ1v) is 11.3. The summed E-state index contributed by atoms with van der Waals surface area (Å²) in [6, 6.07) is 12.2. The molecule has 1 fully saturated rings. The van der Waals surface area contributed by atoms with Crippen molar-refractivity contribution in [3.8, 4) is 0 Å². The van der Waals surface area contributed by atoms with Gasteiger partial charge in [0.15, 0.2) is 5.13 Å². The van der Waals surface area contributed by atoms with Gasteiger partial charge in [-0.2, -0.15) is 0 Å². The minimum Gasteiger partial charge on any atom is -0.326 e. The Bertz CT molecular complexity index is 1200. The monoisotopic (exact) mass is 453 g/mol. The number of amides is 1. The lowest BCUT2D eigenvalue weighted by Gasteiger charge is -2.06. The van der Waals surface area contributed by atoms with Gasteiger partial charge in [-0.05, 0) is 54.1 Å². The van der Waals surface area contributed by atoms with Gasteiger partial charge in [-0.25, -0.2) is 4.98 Å². The largest absolute Gasteiger partial charge is 0.326 e. The van der Waals surface area contributed by atoms with E-state index in [1.54, 1.807) is 36.7 Å². The number of nitrogens with zero attached hydrogens (tertiary/aromatic N) is 3. The molecule has 150 valence electrons. The second kappa shape index (κ2) is 8.22. The molecule has 1 amide bonds. The third kappa shape index (κ3) is 4.12. The number of fused-ring (bicyclic) bond motifs is 1. The van der Waals surface area contributed by atoms with Gasteiger partial charge < -0.3 is 10.0 Å². The Balaban J connectivity index is 1.18. The maximum atomic E-state index is 12.6. The molecule has 0 aliphatic heterocycles. The summed E-state index contributed by atoms with van der Waals surface area (Å²) in [4.78, 5) is 26.2. The number of nitrogens with one attached hydrogen (secondary N) is 2. The summed E-state index contributed by atoms with van der Waals surface area (Å²) in [5, 5.41) is 3.98. The number of anilines is 2. The molecule has 9 heteroatoms. The number of carbonyl (C=O) groups is 1. The van der Waals surface area contributed by atoms with Crippen LogP contribution >= 0.6 is 34.9 Å². The van der Waals surface area contributed by atoms with E-state index >= 15 is 0 Å². The fourth-order valence-electron chi connectivity index (χ4n) is 3.25. The number of benzene rings is 1. The normalized spacial score (nSPS) is 17.6. The number of thiazole rings is 1. The quantitative estimate of drug-likeness (QED) is 0.370. The van der Waals surface area contributed by atoms with E-state index in [9.17, 15) is 4.79 Å². The minimum absolute atomic E-state index is 0.000873. The summed E-state index contributed by atoms with van der Waals surface area (Å²) >= 11 is 9.05. The Hall–Kier alpha value is -2.68. The van der Waals surface area contributed by atoms with E-state index in [2.05, 4.69) is 49.3 Å². The molecule has 0 saturated heterocycles. The molecule has 6 nitrogen and oxygen atoms in total. The fraction of sp³-hybridized carbons (Fsp3) is 0.143. The summed E-state index contributed by atoms with van der Waals surface area (Å²) in [5.74, 6) is 0.219. The van der Waals surface area contributed by atoms with Crippen LogP contribution in [-0.2, 0) is 4.79 Å². The topological polar surface area (TPSA) is 79.8 Å². The van der Waals surface area contributed by atoms with Gasteiger partial charge in [-0.15, -0.1) is 0 Å². The van der Waals surface area contributed by atoms with Crippen molar-refractivity contribution < 1.29 is 4.79 Å². The van der Waals surface area contributed by atoms with E-state index < -0.39 is 0 Å². The number of carbonyl (C=O) groups excluding carboxylic acids is 1. The van der Waals surface area contributed by atoms with Gasteiger partial charge in [0.05, 0.1) is 9.72 Å². The fourth-order valence-corrected chi connectivity index (χ4v) is 5.01. The summed E-state index contributed by atoms with van der Waals surface area (Å²) < 4.78 is 4.15. The Labute approximate surface area is 186 Å². The molecule has 2 unspecified atom stereocenters. The lowest BCUT2D eigenvalue weighted by atomic mass is 10.1. The third-order valence-corrected chi connectivity index (χ3v) is 6.92. The summed E-state index contributed by atoms with van der Waals surface area (Å²) in [7, 11) is 0. The van der Waals surface area contributed by atoms with Crippen LogP contribution in [-0.4, -0.2) is 20.9 Å². The highest BCUT2D eigenvalue weighted by Crippen LogP contribution is 2.48. The first-order chi connectivity index (χ1) is 14.7. The van der Waals surface area contributed by atoms with E-state index in [1.165, 1.54) is 16.9 Å². The molecule has 4 aromatic rings. The average Bonchev–Trinajstić information content (AvgIpc) is 3.47. The molecule has 3 aromatic heterocycles. The highest BCUT2D eigenvalue weighted by atomic mass is 35.5. The maximum absolute atomic E-state index is 12.6. The standard InChI is InChI=1S/C21H16ClN5OS2/c22-17-10-24-11-18-19(17)25-21(29-18)26-20(28)16-9-15(16)12-1-3-14(4-2-12)30-27-13-5-7-23-8-6-13/h1-8,10-11,15-16H,9H2,(H,23,27)(H,25,26,28). The predicted octanol–water partition coefficient (Wildman–Crippen LogP) is 5.60. The molecule has 1 aliphatic carbocycles. The van der Waals surface area contributed by atoms with Crippen molar-refractivity contribution in [3.05, 3.63) is 71.8 Å². The van der Waals surface area contributed by atoms with Crippen LogP contribution < -0.4 is 10.0 Å². The molecule has 1 saturated carbocycles. The number of aromatic nitrogens is 3. The van der Waals surface area contributed by atoms with Gasteiger partial charge >= 0.3 is 0 Å². The van der Waals surface area contributed by atoms with Crippen LogP contribution in [0, 0.1) is 5.92 Å². The third-order valence-electron chi connectivity index (χ3n) is 4.89. The van der Waals surface area contributed by atoms with E-state index in [0.717, 1.165) is 21.7 Å². The zero-order valence-corrected chi connectivity index (χ0v) is 18.0. The van der Waals surface area contributed by atoms with Crippen molar-refractivity contribution in [2.75, 3.05) is 10.0 Å². The number of hydrogen-bond donors (Lipinski definition) is 2. The minimum atomic E-state index is -0.0287. The van der Waals surface area contributed by atoms with Crippen LogP contribution in [0.15, 0.2) is 66.1 Å². The van der Waals surface area contributed by atoms with Crippen molar-refractivity contribution >= 4 is 61.8 Å². The second-order valence-corrected chi connectivity index (χ2v) is 9.25. The zero-order valence-electron chi connectivity index (χ0n) is 15.6. The SMILES string of the molecule is O=C(Nc1nc2c(Cl)cncc2s1)C1CC1c1ccc(SNc2ccncc2)cc1. The first-order valence-electron chi connectivity index (χ1n) is 9.31. The zero-order chi connectivity index (χ0) is 20.5. The van der Waals surface area contributed by atoms with E-state index in [1.807, 2.05) is 12.1 Å². The summed E-state index contributed by atoms with van der Waals surface area (Å²) in [5.41, 5.74) is 2.86. The Morgan fingerprint density at radius 3 is 2.67 bits per heavy atom. The highest BCUT2D eigenvalue weighted by Gasteiger charge is 2.44.